The van der Waals surface area contributed by atoms with Crippen molar-refractivity contribution >= 4 is 40.8 Å². The summed E-state index contributed by atoms with van der Waals surface area (Å²) in [5, 5.41) is 9.27. The van der Waals surface area contributed by atoms with Gasteiger partial charge in [-0.1, -0.05) is 23.2 Å². The minimum Gasteiger partial charge on any atom is -0.478 e. The molecule has 1 rings (SSSR count). The number of carboxylic acids is 1. The molecule has 0 aromatic heterocycles. The number of hydrogen-bond acceptors (Lipinski definition) is 1. The van der Waals surface area contributed by atoms with Gasteiger partial charge in [-0.05, 0) is 17.7 Å². The molecule has 1 aromatic rings. The average Bonchev–Trinajstić information content (AvgIpc) is 2.01. The van der Waals surface area contributed by atoms with Crippen molar-refractivity contribution in [3.05, 3.63) is 33.3 Å². The number of aromatic carboxylic acids is 1. The van der Waals surface area contributed by atoms with Crippen molar-refractivity contribution < 1.29 is 9.90 Å². The fourth-order valence-electron chi connectivity index (χ4n) is 0.972. The van der Waals surface area contributed by atoms with Crippen LogP contribution in [0, 0.1) is 0 Å². The highest BCUT2D eigenvalue weighted by Gasteiger charge is 2.14. The van der Waals surface area contributed by atoms with Gasteiger partial charge in [0.25, 0.3) is 0 Å². The molecule has 0 aliphatic heterocycles. The van der Waals surface area contributed by atoms with Crippen LogP contribution >= 0.6 is 34.8 Å². The highest BCUT2D eigenvalue weighted by Crippen LogP contribution is 2.26. The van der Waals surface area contributed by atoms with Crippen LogP contribution in [0.5, 0.6) is 0 Å². The Morgan fingerprint density at radius 2 is 2.00 bits per heavy atom. The van der Waals surface area contributed by atoms with E-state index in [-0.39, 0.29) is 16.5 Å². The van der Waals surface area contributed by atoms with Crippen LogP contribution in [0.25, 0.3) is 0 Å². The topological polar surface area (TPSA) is 37.3 Å². The Balaban J connectivity index is 3.38. The van der Waals surface area contributed by atoms with Gasteiger partial charge in [0.1, 0.15) is 0 Å². The van der Waals surface area contributed by atoms with Gasteiger partial charge >= 0.3 is 5.97 Å². The number of benzene rings is 1. The summed E-state index contributed by atoms with van der Waals surface area (Å²) in [4.78, 5) is 10.7. The van der Waals surface area contributed by atoms with Gasteiger partial charge in [-0.25, -0.2) is 4.79 Å². The number of carboxylic acid groups (broad SMARTS) is 1. The molecule has 70 valence electrons. The summed E-state index contributed by atoms with van der Waals surface area (Å²) < 4.78 is 0. The zero-order valence-corrected chi connectivity index (χ0v) is 8.62. The van der Waals surface area contributed by atoms with E-state index in [1.807, 2.05) is 0 Å². The highest BCUT2D eigenvalue weighted by atomic mass is 35.5. The summed E-state index contributed by atoms with van der Waals surface area (Å²) in [7, 11) is 0. The summed E-state index contributed by atoms with van der Waals surface area (Å²) in [5.41, 5.74) is 0.438. The van der Waals surface area contributed by atoms with Crippen molar-refractivity contribution in [3.63, 3.8) is 0 Å². The van der Waals surface area contributed by atoms with E-state index in [1.54, 1.807) is 0 Å². The second-order valence-electron chi connectivity index (χ2n) is 2.36. The molecule has 0 fully saturated rings. The zero-order valence-electron chi connectivity index (χ0n) is 6.35. The molecule has 1 aromatic carbocycles. The lowest BCUT2D eigenvalue weighted by molar-refractivity contribution is 0.0696. The molecule has 0 aliphatic carbocycles. The Morgan fingerprint density at radius 3 is 2.46 bits per heavy atom. The summed E-state index contributed by atoms with van der Waals surface area (Å²) in [6.45, 7) is 0. The molecule has 0 aliphatic rings. The molecule has 2 nitrogen and oxygen atoms in total. The Bertz CT molecular complexity index is 349. The molecule has 0 bridgehead atoms. The Hall–Kier alpha value is -0.440. The summed E-state index contributed by atoms with van der Waals surface area (Å²) in [6.07, 6.45) is 0. The number of halogens is 3. The quantitative estimate of drug-likeness (QED) is 0.803. The van der Waals surface area contributed by atoms with Gasteiger partial charge in [0, 0.05) is 10.9 Å². The maximum atomic E-state index is 10.7. The van der Waals surface area contributed by atoms with Crippen molar-refractivity contribution in [2.45, 2.75) is 5.88 Å². The predicted octanol–water partition coefficient (Wildman–Crippen LogP) is 3.43. The van der Waals surface area contributed by atoms with Crippen LogP contribution in [-0.2, 0) is 5.88 Å². The molecule has 0 atom stereocenters. The van der Waals surface area contributed by atoms with E-state index in [9.17, 15) is 4.79 Å². The van der Waals surface area contributed by atoms with Gasteiger partial charge in [-0.15, -0.1) is 11.6 Å². The molecule has 0 saturated heterocycles. The van der Waals surface area contributed by atoms with Crippen molar-refractivity contribution in [3.8, 4) is 0 Å². The van der Waals surface area contributed by atoms with E-state index in [0.29, 0.717) is 10.6 Å². The first-order chi connectivity index (χ1) is 6.06. The number of hydrogen-bond donors (Lipinski definition) is 1. The highest BCUT2D eigenvalue weighted by molar-refractivity contribution is 6.37. The Kier molecular flexibility index (Phi) is 3.42. The summed E-state index contributed by atoms with van der Waals surface area (Å²) in [6, 6.07) is 2.87. The van der Waals surface area contributed by atoms with Gasteiger partial charge in [0.2, 0.25) is 0 Å². The van der Waals surface area contributed by atoms with Crippen molar-refractivity contribution in [1.29, 1.82) is 0 Å². The van der Waals surface area contributed by atoms with Gasteiger partial charge in [0.15, 0.2) is 0 Å². The zero-order chi connectivity index (χ0) is 10.0. The lowest BCUT2D eigenvalue weighted by Gasteiger charge is -2.05. The molecular formula is C8H5Cl3O2. The van der Waals surface area contributed by atoms with Crippen molar-refractivity contribution in [2.75, 3.05) is 0 Å². The van der Waals surface area contributed by atoms with E-state index in [2.05, 4.69) is 0 Å². The SMILES string of the molecule is O=C(O)c1c(Cl)cc(Cl)cc1CCl. The second kappa shape index (κ2) is 4.18. The molecule has 13 heavy (non-hydrogen) atoms. The molecule has 0 saturated carbocycles. The number of alkyl halides is 1. The van der Waals surface area contributed by atoms with Crippen LogP contribution in [0.3, 0.4) is 0 Å². The van der Waals surface area contributed by atoms with Gasteiger partial charge in [-0.3, -0.25) is 0 Å². The molecule has 1 N–H and O–H groups in total. The standard InChI is InChI=1S/C8H5Cl3O2/c9-3-4-1-5(10)2-6(11)7(4)8(12)13/h1-2H,3H2,(H,12,13). The molecule has 0 heterocycles. The van der Waals surface area contributed by atoms with Gasteiger partial charge < -0.3 is 5.11 Å². The van der Waals surface area contributed by atoms with E-state index in [4.69, 9.17) is 39.9 Å². The third-order valence-electron chi connectivity index (χ3n) is 1.49. The third-order valence-corrected chi connectivity index (χ3v) is 2.30. The average molecular weight is 239 g/mol. The van der Waals surface area contributed by atoms with E-state index in [1.165, 1.54) is 12.1 Å². The monoisotopic (exact) mass is 238 g/mol. The Morgan fingerprint density at radius 1 is 1.38 bits per heavy atom. The largest absolute Gasteiger partial charge is 0.478 e. The number of rotatable bonds is 2. The lowest BCUT2D eigenvalue weighted by atomic mass is 10.1. The van der Waals surface area contributed by atoms with Crippen molar-refractivity contribution in [1.82, 2.24) is 0 Å². The number of carbonyl (C=O) groups is 1. The minimum atomic E-state index is -1.10. The van der Waals surface area contributed by atoms with Gasteiger partial charge in [0.05, 0.1) is 10.6 Å². The molecular weight excluding hydrogens is 234 g/mol. The van der Waals surface area contributed by atoms with Crippen LogP contribution in [0.1, 0.15) is 15.9 Å². The van der Waals surface area contributed by atoms with Crippen LogP contribution in [0.15, 0.2) is 12.1 Å². The minimum absolute atomic E-state index is 0.0149. The molecule has 0 unspecified atom stereocenters. The second-order valence-corrected chi connectivity index (χ2v) is 3.47. The van der Waals surface area contributed by atoms with Gasteiger partial charge in [-0.2, -0.15) is 0 Å². The smallest absolute Gasteiger partial charge is 0.337 e. The molecule has 5 heteroatoms. The predicted molar refractivity (Wildman–Crippen MR) is 53.0 cm³/mol. The first kappa shape index (κ1) is 10.6. The third kappa shape index (κ3) is 2.27. The fourth-order valence-corrected chi connectivity index (χ4v) is 1.80. The van der Waals surface area contributed by atoms with E-state index in [0.717, 1.165) is 0 Å². The Labute approximate surface area is 90.0 Å². The summed E-state index contributed by atoms with van der Waals surface area (Å²) in [5.74, 6) is -1.03. The first-order valence-corrected chi connectivity index (χ1v) is 4.62. The summed E-state index contributed by atoms with van der Waals surface area (Å²) >= 11 is 16.9. The lowest BCUT2D eigenvalue weighted by Crippen LogP contribution is -2.02. The molecule has 0 spiro atoms. The first-order valence-electron chi connectivity index (χ1n) is 3.33. The maximum absolute atomic E-state index is 10.7. The van der Waals surface area contributed by atoms with Crippen LogP contribution in [-0.4, -0.2) is 11.1 Å². The van der Waals surface area contributed by atoms with Crippen molar-refractivity contribution in [2.24, 2.45) is 0 Å². The maximum Gasteiger partial charge on any atom is 0.337 e. The van der Waals surface area contributed by atoms with Crippen LogP contribution < -0.4 is 0 Å². The normalized spacial score (nSPS) is 10.1. The van der Waals surface area contributed by atoms with E-state index < -0.39 is 5.97 Å². The molecule has 0 radical (unpaired) electrons. The fraction of sp³-hybridized carbons (Fsp3) is 0.125. The van der Waals surface area contributed by atoms with Crippen LogP contribution in [0.2, 0.25) is 10.0 Å². The van der Waals surface area contributed by atoms with Crippen LogP contribution in [0.4, 0.5) is 0 Å². The van der Waals surface area contributed by atoms with E-state index >= 15 is 0 Å². The molecule has 0 amide bonds.